The second kappa shape index (κ2) is 7.91. The lowest BCUT2D eigenvalue weighted by molar-refractivity contribution is -0.122. The van der Waals surface area contributed by atoms with Crippen LogP contribution in [-0.2, 0) is 11.8 Å². The summed E-state index contributed by atoms with van der Waals surface area (Å²) in [5, 5.41) is 16.3. The number of urea groups is 1. The van der Waals surface area contributed by atoms with Crippen molar-refractivity contribution in [1.29, 1.82) is 0 Å². The van der Waals surface area contributed by atoms with E-state index < -0.39 is 0 Å². The molecule has 128 valence electrons. The highest BCUT2D eigenvalue weighted by Gasteiger charge is 2.22. The van der Waals surface area contributed by atoms with Gasteiger partial charge >= 0.3 is 6.03 Å². The molecular formula is C14H25N7O2. The van der Waals surface area contributed by atoms with E-state index in [9.17, 15) is 9.59 Å². The Bertz CT molecular complexity index is 537. The molecule has 1 fully saturated rings. The van der Waals surface area contributed by atoms with Crippen molar-refractivity contribution in [2.75, 3.05) is 26.7 Å². The highest BCUT2D eigenvalue weighted by atomic mass is 16.2. The number of aromatic nitrogens is 3. The average molecular weight is 323 g/mol. The molecule has 1 saturated heterocycles. The van der Waals surface area contributed by atoms with Crippen LogP contribution in [0.1, 0.15) is 31.6 Å². The Kier molecular flexibility index (Phi) is 5.91. The molecule has 0 unspecified atom stereocenters. The van der Waals surface area contributed by atoms with Gasteiger partial charge in [0.05, 0.1) is 12.6 Å². The molecule has 3 amide bonds. The first kappa shape index (κ1) is 17.2. The molecular weight excluding hydrogens is 298 g/mol. The Hall–Kier alpha value is -2.16. The maximum Gasteiger partial charge on any atom is 0.315 e. The zero-order valence-electron chi connectivity index (χ0n) is 13.9. The largest absolute Gasteiger partial charge is 0.358 e. The van der Waals surface area contributed by atoms with E-state index in [1.807, 2.05) is 14.0 Å². The number of carbonyl (C=O) groups excluding carboxylic acids is 2. The molecule has 3 N–H and O–H groups in total. The lowest BCUT2D eigenvalue weighted by Gasteiger charge is -2.31. The summed E-state index contributed by atoms with van der Waals surface area (Å²) in [6.45, 7) is 3.89. The van der Waals surface area contributed by atoms with Gasteiger partial charge in [0, 0.05) is 33.2 Å². The van der Waals surface area contributed by atoms with Gasteiger partial charge in [0.1, 0.15) is 6.33 Å². The van der Waals surface area contributed by atoms with Gasteiger partial charge in [-0.15, -0.1) is 10.2 Å². The van der Waals surface area contributed by atoms with Crippen LogP contribution in [0.25, 0.3) is 0 Å². The Morgan fingerprint density at radius 2 is 2.09 bits per heavy atom. The number of rotatable bonds is 5. The zero-order chi connectivity index (χ0) is 16.8. The first-order chi connectivity index (χ1) is 11.0. The molecule has 9 nitrogen and oxygen atoms in total. The number of amides is 3. The maximum absolute atomic E-state index is 12.1. The van der Waals surface area contributed by atoms with Crippen molar-refractivity contribution in [3.8, 4) is 0 Å². The molecule has 0 radical (unpaired) electrons. The number of likely N-dealkylation sites (tertiary alicyclic amines) is 1. The maximum atomic E-state index is 12.1. The third-order valence-electron chi connectivity index (χ3n) is 4.05. The van der Waals surface area contributed by atoms with Gasteiger partial charge in [-0.25, -0.2) is 4.79 Å². The van der Waals surface area contributed by atoms with E-state index in [4.69, 9.17) is 0 Å². The molecule has 1 aromatic heterocycles. The second-order valence-corrected chi connectivity index (χ2v) is 5.86. The van der Waals surface area contributed by atoms with Gasteiger partial charge in [-0.3, -0.25) is 9.69 Å². The van der Waals surface area contributed by atoms with Gasteiger partial charge in [0.2, 0.25) is 5.91 Å². The van der Waals surface area contributed by atoms with Crippen LogP contribution in [0.2, 0.25) is 0 Å². The third kappa shape index (κ3) is 4.92. The molecule has 23 heavy (non-hydrogen) atoms. The number of hydrogen-bond acceptors (Lipinski definition) is 5. The quantitative estimate of drug-likeness (QED) is 0.670. The number of likely N-dealkylation sites (N-methyl/N-ethyl adjacent to an activating group) is 1. The fourth-order valence-electron chi connectivity index (χ4n) is 2.69. The lowest BCUT2D eigenvalue weighted by Crippen LogP contribution is -2.49. The average Bonchev–Trinajstić information content (AvgIpc) is 2.95. The minimum Gasteiger partial charge on any atom is -0.358 e. The van der Waals surface area contributed by atoms with E-state index >= 15 is 0 Å². The Morgan fingerprint density at radius 3 is 2.65 bits per heavy atom. The van der Waals surface area contributed by atoms with E-state index in [0.29, 0.717) is 12.4 Å². The number of nitrogens with one attached hydrogen (secondary N) is 3. The van der Waals surface area contributed by atoms with Gasteiger partial charge in [0.15, 0.2) is 5.82 Å². The summed E-state index contributed by atoms with van der Waals surface area (Å²) >= 11 is 0. The highest BCUT2D eigenvalue weighted by molar-refractivity contribution is 5.77. The topological polar surface area (TPSA) is 104 Å². The van der Waals surface area contributed by atoms with Gasteiger partial charge < -0.3 is 20.5 Å². The minimum atomic E-state index is -0.212. The molecule has 0 bridgehead atoms. The first-order valence-corrected chi connectivity index (χ1v) is 7.83. The van der Waals surface area contributed by atoms with Crippen LogP contribution in [0.3, 0.4) is 0 Å². The van der Waals surface area contributed by atoms with Crippen LogP contribution in [0, 0.1) is 0 Å². The highest BCUT2D eigenvalue weighted by Crippen LogP contribution is 2.11. The molecule has 1 aliphatic heterocycles. The van der Waals surface area contributed by atoms with Gasteiger partial charge in [0.25, 0.3) is 0 Å². The normalized spacial score (nSPS) is 17.5. The van der Waals surface area contributed by atoms with Crippen LogP contribution in [-0.4, -0.2) is 64.3 Å². The summed E-state index contributed by atoms with van der Waals surface area (Å²) in [6.07, 6.45) is 3.28. The van der Waals surface area contributed by atoms with Crippen molar-refractivity contribution in [1.82, 2.24) is 35.6 Å². The van der Waals surface area contributed by atoms with E-state index in [1.54, 1.807) is 17.9 Å². The van der Waals surface area contributed by atoms with Crippen molar-refractivity contribution < 1.29 is 9.59 Å². The van der Waals surface area contributed by atoms with Crippen LogP contribution in [0.5, 0.6) is 0 Å². The fraction of sp³-hybridized carbons (Fsp3) is 0.714. The third-order valence-corrected chi connectivity index (χ3v) is 4.05. The predicted octanol–water partition coefficient (Wildman–Crippen LogP) is -0.614. The first-order valence-electron chi connectivity index (χ1n) is 7.83. The van der Waals surface area contributed by atoms with Gasteiger partial charge in [-0.05, 0) is 19.8 Å². The summed E-state index contributed by atoms with van der Waals surface area (Å²) in [4.78, 5) is 25.5. The van der Waals surface area contributed by atoms with Gasteiger partial charge in [-0.2, -0.15) is 0 Å². The predicted molar refractivity (Wildman–Crippen MR) is 84.6 cm³/mol. The molecule has 2 rings (SSSR count). The Labute approximate surface area is 135 Å². The second-order valence-electron chi connectivity index (χ2n) is 5.86. The van der Waals surface area contributed by atoms with Crippen LogP contribution in [0.15, 0.2) is 6.33 Å². The van der Waals surface area contributed by atoms with Crippen LogP contribution in [0.4, 0.5) is 4.79 Å². The molecule has 0 spiro atoms. The summed E-state index contributed by atoms with van der Waals surface area (Å²) in [5.41, 5.74) is 0. The zero-order valence-corrected chi connectivity index (χ0v) is 13.9. The molecule has 1 aliphatic rings. The number of nitrogens with zero attached hydrogens (tertiary/aromatic N) is 4. The number of aryl methyl sites for hydroxylation is 1. The van der Waals surface area contributed by atoms with Crippen LogP contribution >= 0.6 is 0 Å². The Balaban J connectivity index is 1.72. The van der Waals surface area contributed by atoms with Gasteiger partial charge in [-0.1, -0.05) is 0 Å². The van der Waals surface area contributed by atoms with Crippen molar-refractivity contribution in [2.24, 2.45) is 7.05 Å². The van der Waals surface area contributed by atoms with Crippen molar-refractivity contribution >= 4 is 11.9 Å². The molecule has 2 heterocycles. The number of piperidine rings is 1. The fourth-order valence-corrected chi connectivity index (χ4v) is 2.69. The van der Waals surface area contributed by atoms with E-state index in [2.05, 4.69) is 31.0 Å². The van der Waals surface area contributed by atoms with E-state index in [-0.39, 0.29) is 24.0 Å². The summed E-state index contributed by atoms with van der Waals surface area (Å²) < 4.78 is 1.78. The summed E-state index contributed by atoms with van der Waals surface area (Å²) in [6, 6.07) is -0.288. The number of hydrogen-bond donors (Lipinski definition) is 3. The number of carbonyl (C=O) groups is 2. The van der Waals surface area contributed by atoms with Crippen LogP contribution < -0.4 is 16.0 Å². The minimum absolute atomic E-state index is 0.0201. The molecule has 9 heteroatoms. The Morgan fingerprint density at radius 1 is 1.39 bits per heavy atom. The lowest BCUT2D eigenvalue weighted by atomic mass is 10.1. The van der Waals surface area contributed by atoms with E-state index in [1.165, 1.54) is 0 Å². The van der Waals surface area contributed by atoms with Crippen molar-refractivity contribution in [2.45, 2.75) is 31.8 Å². The smallest absolute Gasteiger partial charge is 0.315 e. The standard InChI is InChI=1S/C14H25N7O2/c1-10(13-19-16-9-20(13)3)17-14(23)18-11-4-6-21(7-5-11)8-12(22)15-2/h9-11H,4-8H2,1-3H3,(H,15,22)(H2,17,18,23)/t10-/m1/s1. The monoisotopic (exact) mass is 323 g/mol. The molecule has 0 aliphatic carbocycles. The van der Waals surface area contributed by atoms with Crippen molar-refractivity contribution in [3.05, 3.63) is 12.2 Å². The van der Waals surface area contributed by atoms with Crippen molar-refractivity contribution in [3.63, 3.8) is 0 Å². The SMILES string of the molecule is CNC(=O)CN1CCC(NC(=O)N[C@H](C)c2nncn2C)CC1. The molecule has 0 aromatic carbocycles. The van der Waals surface area contributed by atoms with E-state index in [0.717, 1.165) is 25.9 Å². The molecule has 1 atom stereocenters. The molecule has 0 saturated carbocycles. The molecule has 1 aromatic rings. The summed E-state index contributed by atoms with van der Waals surface area (Å²) in [7, 11) is 3.48. The summed E-state index contributed by atoms with van der Waals surface area (Å²) in [5.74, 6) is 0.729.